The van der Waals surface area contributed by atoms with E-state index in [1.165, 1.54) is 4.90 Å². The highest BCUT2D eigenvalue weighted by atomic mass is 16.2. The summed E-state index contributed by atoms with van der Waals surface area (Å²) < 4.78 is 0. The Bertz CT molecular complexity index is 806. The van der Waals surface area contributed by atoms with Crippen LogP contribution in [0.25, 0.3) is 11.3 Å². The highest BCUT2D eigenvalue weighted by Gasteiger charge is 2.20. The molecule has 26 heavy (non-hydrogen) atoms. The van der Waals surface area contributed by atoms with Crippen LogP contribution < -0.4 is 5.32 Å². The van der Waals surface area contributed by atoms with Gasteiger partial charge in [-0.1, -0.05) is 45.0 Å². The number of hydrogen-bond donors (Lipinski definition) is 1. The van der Waals surface area contributed by atoms with Crippen LogP contribution in [0.4, 0.5) is 0 Å². The lowest BCUT2D eigenvalue weighted by molar-refractivity contribution is -0.128. The van der Waals surface area contributed by atoms with E-state index in [9.17, 15) is 9.59 Å². The van der Waals surface area contributed by atoms with Crippen molar-refractivity contribution in [3.63, 3.8) is 0 Å². The Morgan fingerprint density at radius 2 is 1.73 bits per heavy atom. The Hall–Kier alpha value is -2.76. The third kappa shape index (κ3) is 4.65. The van der Waals surface area contributed by atoms with E-state index in [4.69, 9.17) is 0 Å². The van der Waals surface area contributed by atoms with Crippen LogP contribution in [0, 0.1) is 12.3 Å². The second-order valence-corrected chi connectivity index (χ2v) is 7.51. The number of carbonyl (C=O) groups excluding carboxylic acids is 2. The predicted octanol–water partition coefficient (Wildman–Crippen LogP) is 2.82. The number of aryl methyl sites for hydroxylation is 1. The molecule has 0 saturated carbocycles. The van der Waals surface area contributed by atoms with E-state index in [2.05, 4.69) is 15.3 Å². The first-order valence-electron chi connectivity index (χ1n) is 8.52. The van der Waals surface area contributed by atoms with Crippen LogP contribution in [-0.2, 0) is 11.3 Å². The van der Waals surface area contributed by atoms with E-state index in [0.717, 1.165) is 11.1 Å². The van der Waals surface area contributed by atoms with Gasteiger partial charge in [0.05, 0.1) is 11.3 Å². The Kier molecular flexibility index (Phi) is 5.75. The fourth-order valence-corrected chi connectivity index (χ4v) is 2.32. The number of benzene rings is 1. The van der Waals surface area contributed by atoms with Gasteiger partial charge in [0.2, 0.25) is 5.91 Å². The first kappa shape index (κ1) is 19.6. The summed E-state index contributed by atoms with van der Waals surface area (Å²) in [6, 6.07) is 7.68. The van der Waals surface area contributed by atoms with Gasteiger partial charge in [0.25, 0.3) is 5.91 Å². The van der Waals surface area contributed by atoms with Gasteiger partial charge in [-0.25, -0.2) is 9.97 Å². The Morgan fingerprint density at radius 1 is 1.12 bits per heavy atom. The number of carbonyl (C=O) groups is 2. The van der Waals surface area contributed by atoms with Crippen LogP contribution in [0.2, 0.25) is 0 Å². The van der Waals surface area contributed by atoms with E-state index < -0.39 is 5.41 Å². The fraction of sp³-hybridized carbons (Fsp3) is 0.400. The SMILES string of the molecule is Cc1ncc(C(=O)N(C)C)c(-c2ccc(CNC(=O)C(C)(C)C)cc2)n1. The maximum atomic E-state index is 12.4. The zero-order valence-corrected chi connectivity index (χ0v) is 16.3. The number of nitrogens with zero attached hydrogens (tertiary/aromatic N) is 3. The lowest BCUT2D eigenvalue weighted by Crippen LogP contribution is -2.34. The molecule has 0 spiro atoms. The summed E-state index contributed by atoms with van der Waals surface area (Å²) in [7, 11) is 3.40. The lowest BCUT2D eigenvalue weighted by Gasteiger charge is -2.17. The Morgan fingerprint density at radius 3 is 2.27 bits per heavy atom. The number of hydrogen-bond acceptors (Lipinski definition) is 4. The molecule has 0 aliphatic heterocycles. The molecule has 0 unspecified atom stereocenters. The van der Waals surface area contributed by atoms with E-state index in [-0.39, 0.29) is 11.8 Å². The molecule has 1 aromatic heterocycles. The first-order chi connectivity index (χ1) is 12.1. The van der Waals surface area contributed by atoms with Crippen LogP contribution in [0.3, 0.4) is 0 Å². The average Bonchev–Trinajstić information content (AvgIpc) is 2.58. The van der Waals surface area contributed by atoms with Crippen molar-refractivity contribution in [1.29, 1.82) is 0 Å². The van der Waals surface area contributed by atoms with Crippen LogP contribution in [0.5, 0.6) is 0 Å². The fourth-order valence-electron chi connectivity index (χ4n) is 2.32. The summed E-state index contributed by atoms with van der Waals surface area (Å²) >= 11 is 0. The van der Waals surface area contributed by atoms with Gasteiger partial charge in [-0.2, -0.15) is 0 Å². The van der Waals surface area contributed by atoms with Crippen molar-refractivity contribution in [3.8, 4) is 11.3 Å². The topological polar surface area (TPSA) is 75.2 Å². The van der Waals surface area contributed by atoms with E-state index >= 15 is 0 Å². The van der Waals surface area contributed by atoms with Crippen LogP contribution >= 0.6 is 0 Å². The molecule has 2 rings (SSSR count). The van der Waals surface area contributed by atoms with Crippen LogP contribution in [0.1, 0.15) is 42.5 Å². The molecular formula is C20H26N4O2. The third-order valence-electron chi connectivity index (χ3n) is 3.91. The van der Waals surface area contributed by atoms with Gasteiger partial charge < -0.3 is 10.2 Å². The van der Waals surface area contributed by atoms with Gasteiger partial charge in [0.1, 0.15) is 5.82 Å². The summed E-state index contributed by atoms with van der Waals surface area (Å²) in [6.45, 7) is 7.90. The molecule has 0 aliphatic rings. The molecule has 0 atom stereocenters. The minimum absolute atomic E-state index is 0.00636. The quantitative estimate of drug-likeness (QED) is 0.916. The number of rotatable bonds is 4. The van der Waals surface area contributed by atoms with Crippen molar-refractivity contribution in [2.45, 2.75) is 34.2 Å². The molecule has 1 N–H and O–H groups in total. The van der Waals surface area contributed by atoms with E-state index in [0.29, 0.717) is 23.6 Å². The summed E-state index contributed by atoms with van der Waals surface area (Å²) in [5.41, 5.74) is 2.49. The molecule has 0 aliphatic carbocycles. The molecule has 1 heterocycles. The van der Waals surface area contributed by atoms with Gasteiger partial charge in [-0.05, 0) is 12.5 Å². The van der Waals surface area contributed by atoms with E-state index in [1.807, 2.05) is 45.0 Å². The average molecular weight is 354 g/mol. The largest absolute Gasteiger partial charge is 0.352 e. The summed E-state index contributed by atoms with van der Waals surface area (Å²) in [5, 5.41) is 2.93. The molecule has 2 aromatic rings. The smallest absolute Gasteiger partial charge is 0.257 e. The van der Waals surface area contributed by atoms with Crippen LogP contribution in [-0.4, -0.2) is 40.8 Å². The van der Waals surface area contributed by atoms with Gasteiger partial charge >= 0.3 is 0 Å². The Labute approximate surface area is 154 Å². The third-order valence-corrected chi connectivity index (χ3v) is 3.91. The number of nitrogens with one attached hydrogen (secondary N) is 1. The lowest BCUT2D eigenvalue weighted by atomic mass is 9.95. The maximum absolute atomic E-state index is 12.4. The van der Waals surface area contributed by atoms with Crippen molar-refractivity contribution in [2.24, 2.45) is 5.41 Å². The standard InChI is InChI=1S/C20H26N4O2/c1-13-21-12-16(18(25)24(5)6)17(23-13)15-9-7-14(8-10-15)11-22-19(26)20(2,3)4/h7-10,12H,11H2,1-6H3,(H,22,26). The van der Waals surface area contributed by atoms with Crippen molar-refractivity contribution in [3.05, 3.63) is 47.4 Å². The predicted molar refractivity (Wildman–Crippen MR) is 102 cm³/mol. The van der Waals surface area contributed by atoms with Gasteiger partial charge in [-0.15, -0.1) is 0 Å². The van der Waals surface area contributed by atoms with Crippen molar-refractivity contribution in [1.82, 2.24) is 20.2 Å². The molecule has 6 heteroatoms. The highest BCUT2D eigenvalue weighted by Crippen LogP contribution is 2.23. The zero-order chi connectivity index (χ0) is 19.5. The van der Waals surface area contributed by atoms with Crippen molar-refractivity contribution >= 4 is 11.8 Å². The van der Waals surface area contributed by atoms with Gasteiger partial charge in [-0.3, -0.25) is 9.59 Å². The Balaban J connectivity index is 2.25. The first-order valence-corrected chi connectivity index (χ1v) is 8.52. The molecule has 2 amide bonds. The molecular weight excluding hydrogens is 328 g/mol. The summed E-state index contributed by atoms with van der Waals surface area (Å²) in [6.07, 6.45) is 1.57. The van der Waals surface area contributed by atoms with Crippen molar-refractivity contribution in [2.75, 3.05) is 14.1 Å². The zero-order valence-electron chi connectivity index (χ0n) is 16.3. The van der Waals surface area contributed by atoms with Crippen LogP contribution in [0.15, 0.2) is 30.5 Å². The van der Waals surface area contributed by atoms with Gasteiger partial charge in [0.15, 0.2) is 0 Å². The molecule has 1 aromatic carbocycles. The minimum Gasteiger partial charge on any atom is -0.352 e. The highest BCUT2D eigenvalue weighted by molar-refractivity contribution is 5.99. The summed E-state index contributed by atoms with van der Waals surface area (Å²) in [4.78, 5) is 34.5. The second kappa shape index (κ2) is 7.64. The molecule has 6 nitrogen and oxygen atoms in total. The molecule has 0 saturated heterocycles. The number of aromatic nitrogens is 2. The molecule has 0 fully saturated rings. The molecule has 0 bridgehead atoms. The number of amides is 2. The monoisotopic (exact) mass is 354 g/mol. The molecule has 138 valence electrons. The maximum Gasteiger partial charge on any atom is 0.257 e. The second-order valence-electron chi connectivity index (χ2n) is 7.51. The normalized spacial score (nSPS) is 11.2. The van der Waals surface area contributed by atoms with Gasteiger partial charge in [0, 0.05) is 37.8 Å². The minimum atomic E-state index is -0.417. The molecule has 0 radical (unpaired) electrons. The van der Waals surface area contributed by atoms with E-state index in [1.54, 1.807) is 27.2 Å². The summed E-state index contributed by atoms with van der Waals surface area (Å²) in [5.74, 6) is 0.477. The van der Waals surface area contributed by atoms with Crippen molar-refractivity contribution < 1.29 is 9.59 Å².